The highest BCUT2D eigenvalue weighted by Gasteiger charge is 2.33. The molecule has 216 valence electrons. The predicted octanol–water partition coefficient (Wildman–Crippen LogP) is 2.36. The van der Waals surface area contributed by atoms with Crippen molar-refractivity contribution in [3.8, 4) is 12.1 Å². The summed E-state index contributed by atoms with van der Waals surface area (Å²) in [6.07, 6.45) is 1.43. The van der Waals surface area contributed by atoms with E-state index < -0.39 is 11.7 Å². The Balaban J connectivity index is 1.67. The molecule has 2 aromatic heterocycles. The number of halogens is 1. The largest absolute Gasteiger partial charge is 0.453 e. The first-order valence-corrected chi connectivity index (χ1v) is 13.4. The van der Waals surface area contributed by atoms with Crippen LogP contribution in [0.5, 0.6) is 0 Å². The Kier molecular flexibility index (Phi) is 8.98. The average Bonchev–Trinajstić information content (AvgIpc) is 3.36. The maximum Gasteiger partial charge on any atom is 0.407 e. The van der Waals surface area contributed by atoms with Crippen molar-refractivity contribution in [2.45, 2.75) is 44.9 Å². The van der Waals surface area contributed by atoms with Gasteiger partial charge in [0.05, 0.1) is 53.0 Å². The Morgan fingerprint density at radius 2 is 2.07 bits per heavy atom. The summed E-state index contributed by atoms with van der Waals surface area (Å²) in [6.45, 7) is 7.10. The van der Waals surface area contributed by atoms with Gasteiger partial charge in [0, 0.05) is 32.2 Å². The Morgan fingerprint density at radius 1 is 1.29 bits per heavy atom. The molecule has 1 aliphatic rings. The number of hydrogen-bond acceptors (Lipinski definition) is 12. The van der Waals surface area contributed by atoms with Crippen LogP contribution in [-0.4, -0.2) is 81.8 Å². The number of nitrogens with zero attached hydrogens (tertiary/aromatic N) is 7. The molecule has 3 aromatic rings. The van der Waals surface area contributed by atoms with E-state index in [0.717, 1.165) is 0 Å². The van der Waals surface area contributed by atoms with Crippen molar-refractivity contribution in [3.05, 3.63) is 34.6 Å². The SMILES string of the molecule is CCNc1nc(Nc2cc(C#N)cc(N3CC[C@@H](NC(=O)OC)[C@@H](NCC(C)(C)O)C3)c2Cl)nn2c(C#N)cnc12. The average molecular weight is 582 g/mol. The van der Waals surface area contributed by atoms with Crippen LogP contribution in [0.2, 0.25) is 5.02 Å². The van der Waals surface area contributed by atoms with Crippen LogP contribution in [0.3, 0.4) is 0 Å². The third-order valence-electron chi connectivity index (χ3n) is 6.49. The fourth-order valence-corrected chi connectivity index (χ4v) is 4.83. The number of hydrogen-bond donors (Lipinski definition) is 5. The zero-order valence-electron chi connectivity index (χ0n) is 23.2. The Bertz CT molecular complexity index is 1510. The van der Waals surface area contributed by atoms with Crippen LogP contribution < -0.4 is 26.2 Å². The highest BCUT2D eigenvalue weighted by Crippen LogP contribution is 2.37. The molecule has 0 spiro atoms. The highest BCUT2D eigenvalue weighted by atomic mass is 35.5. The molecule has 5 N–H and O–H groups in total. The second-order valence-electron chi connectivity index (χ2n) is 10.2. The van der Waals surface area contributed by atoms with E-state index in [1.54, 1.807) is 26.0 Å². The summed E-state index contributed by atoms with van der Waals surface area (Å²) in [5, 5.41) is 46.7. The van der Waals surface area contributed by atoms with Gasteiger partial charge in [0.1, 0.15) is 6.07 Å². The number of nitrogens with one attached hydrogen (secondary N) is 4. The quantitative estimate of drug-likeness (QED) is 0.248. The normalized spacial score (nSPS) is 17.0. The molecule has 1 saturated heterocycles. The number of methoxy groups -OCH3 is 1. The maximum atomic E-state index is 12.0. The van der Waals surface area contributed by atoms with Crippen LogP contribution in [-0.2, 0) is 4.74 Å². The number of rotatable bonds is 9. The highest BCUT2D eigenvalue weighted by molar-refractivity contribution is 6.36. The third-order valence-corrected chi connectivity index (χ3v) is 6.89. The lowest BCUT2D eigenvalue weighted by molar-refractivity contribution is 0.0737. The molecule has 0 bridgehead atoms. The van der Waals surface area contributed by atoms with E-state index in [-0.39, 0.29) is 30.3 Å². The van der Waals surface area contributed by atoms with Gasteiger partial charge in [-0.05, 0) is 39.3 Å². The van der Waals surface area contributed by atoms with Crippen molar-refractivity contribution in [2.75, 3.05) is 48.8 Å². The maximum absolute atomic E-state index is 12.0. The van der Waals surface area contributed by atoms with Crippen molar-refractivity contribution in [1.29, 1.82) is 10.5 Å². The molecule has 2 atom stereocenters. The Hall–Kier alpha value is -4.37. The standard InChI is InChI=1S/C26H32ClN11O3/c1-5-30-22-23-31-12-16(11-29)38(23)36-24(35-22)33-18-8-15(10-28)9-20(21(18)27)37-7-6-17(34-25(39)41-4)19(13-37)32-14-26(2,3)40/h8-9,12,17,19,32,40H,5-7,13-14H2,1-4H3,(H,34,39)(H2,30,33,35,36)/t17-,19+/m1/s1. The van der Waals surface area contributed by atoms with E-state index in [1.807, 2.05) is 11.8 Å². The fourth-order valence-electron chi connectivity index (χ4n) is 4.55. The van der Waals surface area contributed by atoms with Crippen molar-refractivity contribution in [1.82, 2.24) is 30.2 Å². The second-order valence-corrected chi connectivity index (χ2v) is 10.6. The minimum Gasteiger partial charge on any atom is -0.453 e. The lowest BCUT2D eigenvalue weighted by atomic mass is 9.97. The number of ether oxygens (including phenoxy) is 1. The van der Waals surface area contributed by atoms with Gasteiger partial charge in [-0.15, -0.1) is 5.10 Å². The van der Waals surface area contributed by atoms with Gasteiger partial charge in [-0.3, -0.25) is 0 Å². The second kappa shape index (κ2) is 12.4. The van der Waals surface area contributed by atoms with Gasteiger partial charge in [0.25, 0.3) is 0 Å². The molecule has 1 fully saturated rings. The minimum absolute atomic E-state index is 0.150. The molecular formula is C26H32ClN11O3. The first-order valence-electron chi connectivity index (χ1n) is 13.0. The molecule has 0 unspecified atom stereocenters. The molecule has 0 radical (unpaired) electrons. The van der Waals surface area contributed by atoms with Crippen LogP contribution in [0, 0.1) is 22.7 Å². The number of carbonyl (C=O) groups excluding carboxylic acids is 1. The lowest BCUT2D eigenvalue weighted by Gasteiger charge is -2.41. The van der Waals surface area contributed by atoms with Gasteiger partial charge >= 0.3 is 6.09 Å². The van der Waals surface area contributed by atoms with E-state index in [0.29, 0.717) is 59.5 Å². The zero-order valence-corrected chi connectivity index (χ0v) is 24.0. The number of nitriles is 2. The van der Waals surface area contributed by atoms with Gasteiger partial charge in [-0.1, -0.05) is 11.6 Å². The number of carbonyl (C=O) groups is 1. The van der Waals surface area contributed by atoms with Crippen LogP contribution >= 0.6 is 11.6 Å². The summed E-state index contributed by atoms with van der Waals surface area (Å²) in [7, 11) is 1.31. The molecular weight excluding hydrogens is 550 g/mol. The molecule has 4 rings (SSSR count). The van der Waals surface area contributed by atoms with Crippen LogP contribution in [0.4, 0.5) is 27.9 Å². The number of piperidine rings is 1. The van der Waals surface area contributed by atoms with Gasteiger partial charge < -0.3 is 36.0 Å². The summed E-state index contributed by atoms with van der Waals surface area (Å²) < 4.78 is 6.18. The van der Waals surface area contributed by atoms with Gasteiger partial charge in [-0.2, -0.15) is 20.0 Å². The number of amides is 1. The summed E-state index contributed by atoms with van der Waals surface area (Å²) in [4.78, 5) is 22.7. The van der Waals surface area contributed by atoms with Gasteiger partial charge in [0.2, 0.25) is 5.95 Å². The molecule has 41 heavy (non-hydrogen) atoms. The molecule has 0 aliphatic carbocycles. The topological polar surface area (TPSA) is 189 Å². The van der Waals surface area contributed by atoms with Crippen molar-refractivity contribution in [2.24, 2.45) is 0 Å². The van der Waals surface area contributed by atoms with Crippen molar-refractivity contribution in [3.63, 3.8) is 0 Å². The monoisotopic (exact) mass is 581 g/mol. The molecule has 1 aromatic carbocycles. The molecule has 0 saturated carbocycles. The number of alkyl carbamates (subject to hydrolysis) is 1. The molecule has 1 aliphatic heterocycles. The van der Waals surface area contributed by atoms with E-state index in [4.69, 9.17) is 16.3 Å². The smallest absolute Gasteiger partial charge is 0.407 e. The summed E-state index contributed by atoms with van der Waals surface area (Å²) in [6, 6.07) is 7.02. The number of aromatic nitrogens is 4. The summed E-state index contributed by atoms with van der Waals surface area (Å²) in [5.74, 6) is 0.580. The Labute approximate surface area is 242 Å². The minimum atomic E-state index is -0.971. The molecule has 14 nitrogen and oxygen atoms in total. The van der Waals surface area contributed by atoms with Gasteiger partial charge in [-0.25, -0.2) is 9.78 Å². The van der Waals surface area contributed by atoms with E-state index in [1.165, 1.54) is 17.8 Å². The summed E-state index contributed by atoms with van der Waals surface area (Å²) in [5.41, 5.74) is 1.02. The van der Waals surface area contributed by atoms with E-state index in [9.17, 15) is 20.4 Å². The number of benzene rings is 1. The van der Waals surface area contributed by atoms with Crippen LogP contribution in [0.25, 0.3) is 5.65 Å². The molecule has 3 heterocycles. The first kappa shape index (κ1) is 29.6. The third kappa shape index (κ3) is 6.86. The van der Waals surface area contributed by atoms with Crippen molar-refractivity contribution >= 4 is 46.5 Å². The first-order chi connectivity index (χ1) is 19.6. The van der Waals surface area contributed by atoms with E-state index in [2.05, 4.69) is 48.5 Å². The number of anilines is 4. The van der Waals surface area contributed by atoms with Crippen molar-refractivity contribution < 1.29 is 14.6 Å². The summed E-state index contributed by atoms with van der Waals surface area (Å²) >= 11 is 6.91. The molecule has 15 heteroatoms. The predicted molar refractivity (Wildman–Crippen MR) is 153 cm³/mol. The fraction of sp³-hybridized carbons (Fsp3) is 0.462. The Morgan fingerprint density at radius 3 is 2.73 bits per heavy atom. The van der Waals surface area contributed by atoms with Gasteiger partial charge in [0.15, 0.2) is 17.2 Å². The van der Waals surface area contributed by atoms with Crippen LogP contribution in [0.1, 0.15) is 38.4 Å². The number of imidazole rings is 1. The lowest BCUT2D eigenvalue weighted by Crippen LogP contribution is -2.61. The number of aliphatic hydroxyl groups is 1. The van der Waals surface area contributed by atoms with Crippen LogP contribution in [0.15, 0.2) is 18.3 Å². The zero-order chi connectivity index (χ0) is 29.7. The van der Waals surface area contributed by atoms with E-state index >= 15 is 0 Å². The molecule has 1 amide bonds. The number of fused-ring (bicyclic) bond motifs is 1.